The molecule has 2 bridgehead atoms. The number of aliphatic hydroxyl groups excluding tert-OH is 1. The van der Waals surface area contributed by atoms with Crippen molar-refractivity contribution in [1.82, 2.24) is 0 Å². The van der Waals surface area contributed by atoms with E-state index in [1.165, 1.54) is 12.8 Å². The van der Waals surface area contributed by atoms with E-state index in [0.29, 0.717) is 5.92 Å². The van der Waals surface area contributed by atoms with E-state index in [1.54, 1.807) is 0 Å². The van der Waals surface area contributed by atoms with Gasteiger partial charge in [0, 0.05) is 0 Å². The van der Waals surface area contributed by atoms with Gasteiger partial charge in [0.2, 0.25) is 0 Å². The predicted octanol–water partition coefficient (Wildman–Crippen LogP) is 1.58. The van der Waals surface area contributed by atoms with Crippen LogP contribution in [-0.4, -0.2) is 11.2 Å². The summed E-state index contributed by atoms with van der Waals surface area (Å²) in [4.78, 5) is 0. The molecule has 0 heterocycles. The van der Waals surface area contributed by atoms with Gasteiger partial charge in [-0.15, -0.1) is 0 Å². The lowest BCUT2D eigenvalue weighted by atomic mass is 9.80. The number of hydrogen-bond donors (Lipinski definition) is 1. The highest BCUT2D eigenvalue weighted by Gasteiger charge is 2.51. The summed E-state index contributed by atoms with van der Waals surface area (Å²) >= 11 is 0. The first kappa shape index (κ1) is 6.24. The molecule has 0 radical (unpaired) electrons. The second-order valence-corrected chi connectivity index (χ2v) is 4.37. The third kappa shape index (κ3) is 0.652. The molecule has 2 saturated carbocycles. The molecule has 3 aliphatic rings. The minimum atomic E-state index is 0.0427. The number of hydrogen-bond acceptors (Lipinski definition) is 1. The molecule has 2 fully saturated rings. The molecule has 0 saturated heterocycles. The summed E-state index contributed by atoms with van der Waals surface area (Å²) in [6.45, 7) is 0. The molecule has 1 heteroatoms. The van der Waals surface area contributed by atoms with Gasteiger partial charge in [0.25, 0.3) is 0 Å². The summed E-state index contributed by atoms with van der Waals surface area (Å²) < 4.78 is 0. The standard InChI is InChI=1S/C10H14O/c11-10-5-6-4-9(10)8-3-1-2-7(6)8/h1-2,6-11H,3-5H2/t6?,7-,8-,9?,10-/m1/s1. The van der Waals surface area contributed by atoms with Gasteiger partial charge < -0.3 is 5.11 Å². The van der Waals surface area contributed by atoms with Crippen molar-refractivity contribution >= 4 is 0 Å². The van der Waals surface area contributed by atoms with Crippen molar-refractivity contribution < 1.29 is 5.11 Å². The van der Waals surface area contributed by atoms with Crippen molar-refractivity contribution in [3.8, 4) is 0 Å². The first-order chi connectivity index (χ1) is 5.36. The van der Waals surface area contributed by atoms with Crippen LogP contribution in [0.1, 0.15) is 19.3 Å². The summed E-state index contributed by atoms with van der Waals surface area (Å²) in [5.74, 6) is 3.16. The van der Waals surface area contributed by atoms with Gasteiger partial charge in [0.15, 0.2) is 0 Å². The maximum Gasteiger partial charge on any atom is 0.0574 e. The van der Waals surface area contributed by atoms with Crippen LogP contribution in [0.25, 0.3) is 0 Å². The molecule has 60 valence electrons. The maximum atomic E-state index is 9.64. The van der Waals surface area contributed by atoms with Gasteiger partial charge in [-0.2, -0.15) is 0 Å². The zero-order valence-electron chi connectivity index (χ0n) is 6.61. The molecule has 2 unspecified atom stereocenters. The Kier molecular flexibility index (Phi) is 1.07. The summed E-state index contributed by atoms with van der Waals surface area (Å²) in [5.41, 5.74) is 0. The minimum absolute atomic E-state index is 0.0427. The van der Waals surface area contributed by atoms with Crippen LogP contribution in [0.15, 0.2) is 12.2 Å². The Balaban J connectivity index is 1.94. The van der Waals surface area contributed by atoms with Crippen molar-refractivity contribution in [2.45, 2.75) is 25.4 Å². The largest absolute Gasteiger partial charge is 0.393 e. The molecule has 11 heavy (non-hydrogen) atoms. The van der Waals surface area contributed by atoms with Crippen LogP contribution in [0.5, 0.6) is 0 Å². The topological polar surface area (TPSA) is 20.2 Å². The molecule has 0 amide bonds. The van der Waals surface area contributed by atoms with E-state index in [0.717, 1.165) is 24.2 Å². The number of rotatable bonds is 0. The van der Waals surface area contributed by atoms with Crippen molar-refractivity contribution in [2.75, 3.05) is 0 Å². The molecule has 0 spiro atoms. The molecule has 1 nitrogen and oxygen atoms in total. The smallest absolute Gasteiger partial charge is 0.0574 e. The van der Waals surface area contributed by atoms with Gasteiger partial charge in [-0.05, 0) is 42.9 Å². The molecule has 1 N–H and O–H groups in total. The third-order valence-corrected chi connectivity index (χ3v) is 3.97. The number of fused-ring (bicyclic) bond motifs is 5. The average molecular weight is 150 g/mol. The van der Waals surface area contributed by atoms with Crippen molar-refractivity contribution in [1.29, 1.82) is 0 Å². The Morgan fingerprint density at radius 1 is 1.18 bits per heavy atom. The Hall–Kier alpha value is -0.300. The summed E-state index contributed by atoms with van der Waals surface area (Å²) in [6, 6.07) is 0. The van der Waals surface area contributed by atoms with E-state index >= 15 is 0 Å². The zero-order valence-corrected chi connectivity index (χ0v) is 6.61. The fraction of sp³-hybridized carbons (Fsp3) is 0.800. The fourth-order valence-corrected chi connectivity index (χ4v) is 3.52. The highest BCUT2D eigenvalue weighted by Crippen LogP contribution is 2.56. The summed E-state index contributed by atoms with van der Waals surface area (Å²) in [6.07, 6.45) is 8.37. The maximum absolute atomic E-state index is 9.64. The molecular formula is C10H14O. The molecular weight excluding hydrogens is 136 g/mol. The minimum Gasteiger partial charge on any atom is -0.393 e. The van der Waals surface area contributed by atoms with Crippen LogP contribution >= 0.6 is 0 Å². The van der Waals surface area contributed by atoms with Crippen molar-refractivity contribution in [3.63, 3.8) is 0 Å². The van der Waals surface area contributed by atoms with Crippen LogP contribution in [0, 0.1) is 23.7 Å². The molecule has 0 aromatic carbocycles. The molecule has 0 aromatic heterocycles. The lowest BCUT2D eigenvalue weighted by Crippen LogP contribution is -2.27. The Labute approximate surface area is 67.1 Å². The second-order valence-electron chi connectivity index (χ2n) is 4.37. The van der Waals surface area contributed by atoms with E-state index in [-0.39, 0.29) is 6.10 Å². The predicted molar refractivity (Wildman–Crippen MR) is 43.0 cm³/mol. The number of aliphatic hydroxyl groups is 1. The van der Waals surface area contributed by atoms with E-state index in [9.17, 15) is 5.11 Å². The summed E-state index contributed by atoms with van der Waals surface area (Å²) in [5, 5.41) is 9.64. The van der Waals surface area contributed by atoms with Crippen LogP contribution < -0.4 is 0 Å². The normalized spacial score (nSPS) is 58.8. The fourth-order valence-electron chi connectivity index (χ4n) is 3.52. The van der Waals surface area contributed by atoms with Gasteiger partial charge >= 0.3 is 0 Å². The third-order valence-electron chi connectivity index (χ3n) is 3.97. The first-order valence-electron chi connectivity index (χ1n) is 4.71. The molecule has 3 aliphatic carbocycles. The average Bonchev–Trinajstić information content (AvgIpc) is 2.52. The Bertz CT molecular complexity index is 209. The highest BCUT2D eigenvalue weighted by molar-refractivity contribution is 5.14. The quantitative estimate of drug-likeness (QED) is 0.520. The highest BCUT2D eigenvalue weighted by atomic mass is 16.3. The van der Waals surface area contributed by atoms with Gasteiger partial charge in [0.1, 0.15) is 0 Å². The van der Waals surface area contributed by atoms with Gasteiger partial charge in [0.05, 0.1) is 6.10 Å². The molecule has 0 aromatic rings. The van der Waals surface area contributed by atoms with Gasteiger partial charge in [-0.1, -0.05) is 12.2 Å². The molecule has 5 atom stereocenters. The van der Waals surface area contributed by atoms with E-state index in [2.05, 4.69) is 12.2 Å². The SMILES string of the molecule is O[C@@H]1CC2CC1[C@@H]1CC=C[C@H]21. The van der Waals surface area contributed by atoms with E-state index < -0.39 is 0 Å². The monoisotopic (exact) mass is 150 g/mol. The van der Waals surface area contributed by atoms with Crippen molar-refractivity contribution in [2.24, 2.45) is 23.7 Å². The van der Waals surface area contributed by atoms with Gasteiger partial charge in [-0.25, -0.2) is 0 Å². The van der Waals surface area contributed by atoms with Gasteiger partial charge in [-0.3, -0.25) is 0 Å². The van der Waals surface area contributed by atoms with E-state index in [1.807, 2.05) is 0 Å². The lowest BCUT2D eigenvalue weighted by molar-refractivity contribution is 0.0697. The molecule has 0 aliphatic heterocycles. The molecule has 3 rings (SSSR count). The lowest BCUT2D eigenvalue weighted by Gasteiger charge is -2.27. The van der Waals surface area contributed by atoms with Crippen LogP contribution in [-0.2, 0) is 0 Å². The number of allylic oxidation sites excluding steroid dienone is 2. The summed E-state index contributed by atoms with van der Waals surface area (Å²) in [7, 11) is 0. The second kappa shape index (κ2) is 1.89. The van der Waals surface area contributed by atoms with Crippen molar-refractivity contribution in [3.05, 3.63) is 12.2 Å². The van der Waals surface area contributed by atoms with Crippen LogP contribution in [0.2, 0.25) is 0 Å². The van der Waals surface area contributed by atoms with E-state index in [4.69, 9.17) is 0 Å². The first-order valence-corrected chi connectivity index (χ1v) is 4.71. The Morgan fingerprint density at radius 2 is 2.09 bits per heavy atom. The zero-order chi connectivity index (χ0) is 7.42. The Morgan fingerprint density at radius 3 is 3.00 bits per heavy atom. The van der Waals surface area contributed by atoms with Crippen LogP contribution in [0.4, 0.5) is 0 Å². The van der Waals surface area contributed by atoms with Crippen LogP contribution in [0.3, 0.4) is 0 Å².